The van der Waals surface area contributed by atoms with Crippen molar-refractivity contribution in [2.45, 2.75) is 44.6 Å². The lowest BCUT2D eigenvalue weighted by Gasteiger charge is -2.34. The Bertz CT molecular complexity index is 299. The van der Waals surface area contributed by atoms with Crippen LogP contribution in [0.25, 0.3) is 0 Å². The zero-order chi connectivity index (χ0) is 10.0. The van der Waals surface area contributed by atoms with E-state index in [2.05, 4.69) is 31.2 Å². The van der Waals surface area contributed by atoms with Crippen molar-refractivity contribution >= 4 is 12.4 Å². The van der Waals surface area contributed by atoms with Crippen LogP contribution in [0.2, 0.25) is 0 Å². The van der Waals surface area contributed by atoms with E-state index in [4.69, 9.17) is 5.73 Å². The maximum atomic E-state index is 6.43. The number of hydrogen-bond donors (Lipinski definition) is 1. The summed E-state index contributed by atoms with van der Waals surface area (Å²) in [7, 11) is 0. The predicted molar refractivity (Wildman–Crippen MR) is 67.4 cm³/mol. The molecule has 1 aliphatic carbocycles. The highest BCUT2D eigenvalue weighted by Crippen LogP contribution is 2.34. The molecule has 1 saturated carbocycles. The van der Waals surface area contributed by atoms with Gasteiger partial charge in [0.25, 0.3) is 0 Å². The molecule has 84 valence electrons. The largest absolute Gasteiger partial charge is 0.321 e. The summed E-state index contributed by atoms with van der Waals surface area (Å²) < 4.78 is 0. The molecule has 0 saturated heterocycles. The average Bonchev–Trinajstić information content (AvgIpc) is 2.19. The molecular formula is C13H20ClN. The number of hydrogen-bond acceptors (Lipinski definition) is 1. The van der Waals surface area contributed by atoms with Gasteiger partial charge in [0.1, 0.15) is 0 Å². The molecule has 0 aromatic heterocycles. The summed E-state index contributed by atoms with van der Waals surface area (Å²) >= 11 is 0. The van der Waals surface area contributed by atoms with E-state index >= 15 is 0 Å². The lowest BCUT2D eigenvalue weighted by molar-refractivity contribution is 0.302. The van der Waals surface area contributed by atoms with Gasteiger partial charge < -0.3 is 5.73 Å². The maximum Gasteiger partial charge on any atom is 0.0409 e. The highest BCUT2D eigenvalue weighted by Gasteiger charge is 2.28. The number of rotatable bonds is 1. The van der Waals surface area contributed by atoms with Crippen molar-refractivity contribution < 1.29 is 0 Å². The van der Waals surface area contributed by atoms with Crippen molar-refractivity contribution in [1.82, 2.24) is 0 Å². The van der Waals surface area contributed by atoms with Gasteiger partial charge in [-0.15, -0.1) is 12.4 Å². The van der Waals surface area contributed by atoms with Crippen molar-refractivity contribution in [2.24, 2.45) is 5.73 Å². The van der Waals surface area contributed by atoms with Gasteiger partial charge in [-0.25, -0.2) is 0 Å². The summed E-state index contributed by atoms with van der Waals surface area (Å²) in [4.78, 5) is 0. The van der Waals surface area contributed by atoms with Gasteiger partial charge in [-0.05, 0) is 25.3 Å². The monoisotopic (exact) mass is 225 g/mol. The second-order valence-corrected chi connectivity index (χ2v) is 4.58. The van der Waals surface area contributed by atoms with Gasteiger partial charge in [-0.2, -0.15) is 0 Å². The Balaban J connectivity index is 0.00000112. The number of halogens is 1. The number of benzene rings is 1. The third-order valence-corrected chi connectivity index (χ3v) is 3.37. The highest BCUT2D eigenvalue weighted by molar-refractivity contribution is 5.85. The smallest absolute Gasteiger partial charge is 0.0409 e. The van der Waals surface area contributed by atoms with Crippen LogP contribution < -0.4 is 5.73 Å². The molecule has 0 bridgehead atoms. The Hall–Kier alpha value is -0.530. The molecule has 15 heavy (non-hydrogen) atoms. The van der Waals surface area contributed by atoms with Gasteiger partial charge in [0, 0.05) is 5.54 Å². The first-order valence-corrected chi connectivity index (χ1v) is 5.57. The Kier molecular flexibility index (Phi) is 4.18. The molecule has 0 radical (unpaired) electrons. The highest BCUT2D eigenvalue weighted by atomic mass is 35.5. The quantitative estimate of drug-likeness (QED) is 0.778. The molecule has 0 spiro atoms. The SMILES string of the molecule is Cc1ccc(C2(N)CCCCC2)cc1.Cl. The molecule has 2 rings (SSSR count). The van der Waals surface area contributed by atoms with E-state index in [0.717, 1.165) is 12.8 Å². The van der Waals surface area contributed by atoms with E-state index < -0.39 is 0 Å². The predicted octanol–water partition coefficient (Wildman–Crippen LogP) is 3.53. The summed E-state index contributed by atoms with van der Waals surface area (Å²) in [5, 5.41) is 0. The lowest BCUT2D eigenvalue weighted by atomic mass is 9.77. The Morgan fingerprint density at radius 2 is 1.53 bits per heavy atom. The van der Waals surface area contributed by atoms with Crippen molar-refractivity contribution in [3.8, 4) is 0 Å². The summed E-state index contributed by atoms with van der Waals surface area (Å²) in [6.45, 7) is 2.12. The summed E-state index contributed by atoms with van der Waals surface area (Å²) in [5.74, 6) is 0. The van der Waals surface area contributed by atoms with Crippen LogP contribution in [-0.4, -0.2) is 0 Å². The molecule has 1 aromatic carbocycles. The van der Waals surface area contributed by atoms with E-state index in [1.807, 2.05) is 0 Å². The van der Waals surface area contributed by atoms with E-state index in [9.17, 15) is 0 Å². The van der Waals surface area contributed by atoms with Gasteiger partial charge in [0.05, 0.1) is 0 Å². The summed E-state index contributed by atoms with van der Waals surface area (Å²) in [5.41, 5.74) is 9.03. The second-order valence-electron chi connectivity index (χ2n) is 4.58. The molecule has 0 aliphatic heterocycles. The summed E-state index contributed by atoms with van der Waals surface area (Å²) in [6, 6.07) is 8.72. The fourth-order valence-electron chi connectivity index (χ4n) is 2.36. The minimum Gasteiger partial charge on any atom is -0.321 e. The average molecular weight is 226 g/mol. The van der Waals surface area contributed by atoms with Gasteiger partial charge in [0.2, 0.25) is 0 Å². The van der Waals surface area contributed by atoms with Gasteiger partial charge in [-0.3, -0.25) is 0 Å². The standard InChI is InChI=1S/C13H19N.ClH/c1-11-5-7-12(8-6-11)13(14)9-3-2-4-10-13;/h5-8H,2-4,9-10,14H2,1H3;1H. The van der Waals surface area contributed by atoms with Crippen LogP contribution in [0.4, 0.5) is 0 Å². The van der Waals surface area contributed by atoms with Crippen LogP contribution in [0.3, 0.4) is 0 Å². The first kappa shape index (κ1) is 12.5. The van der Waals surface area contributed by atoms with E-state index in [1.54, 1.807) is 0 Å². The Morgan fingerprint density at radius 1 is 1.00 bits per heavy atom. The van der Waals surface area contributed by atoms with Gasteiger partial charge >= 0.3 is 0 Å². The topological polar surface area (TPSA) is 26.0 Å². The van der Waals surface area contributed by atoms with Crippen LogP contribution >= 0.6 is 12.4 Å². The van der Waals surface area contributed by atoms with Crippen LogP contribution in [0.5, 0.6) is 0 Å². The number of aryl methyl sites for hydroxylation is 1. The zero-order valence-corrected chi connectivity index (χ0v) is 10.1. The first-order valence-electron chi connectivity index (χ1n) is 5.57. The minimum absolute atomic E-state index is 0. The molecule has 0 heterocycles. The molecule has 1 nitrogen and oxygen atoms in total. The molecule has 1 aliphatic rings. The van der Waals surface area contributed by atoms with Gasteiger partial charge in [-0.1, -0.05) is 49.1 Å². The van der Waals surface area contributed by atoms with Crippen molar-refractivity contribution in [2.75, 3.05) is 0 Å². The van der Waals surface area contributed by atoms with E-state index in [-0.39, 0.29) is 17.9 Å². The van der Waals surface area contributed by atoms with E-state index in [0.29, 0.717) is 0 Å². The van der Waals surface area contributed by atoms with Gasteiger partial charge in [0.15, 0.2) is 0 Å². The molecule has 0 atom stereocenters. The Labute approximate surface area is 98.5 Å². The molecule has 0 unspecified atom stereocenters. The van der Waals surface area contributed by atoms with Crippen LogP contribution in [0.15, 0.2) is 24.3 Å². The minimum atomic E-state index is -0.0358. The molecule has 2 heteroatoms. The molecule has 1 fully saturated rings. The van der Waals surface area contributed by atoms with Crippen molar-refractivity contribution in [3.05, 3.63) is 35.4 Å². The maximum absolute atomic E-state index is 6.43. The van der Waals surface area contributed by atoms with Crippen LogP contribution in [-0.2, 0) is 5.54 Å². The number of nitrogens with two attached hydrogens (primary N) is 1. The third-order valence-electron chi connectivity index (χ3n) is 3.37. The second kappa shape index (κ2) is 5.00. The fourth-order valence-corrected chi connectivity index (χ4v) is 2.36. The summed E-state index contributed by atoms with van der Waals surface area (Å²) in [6.07, 6.45) is 6.21. The Morgan fingerprint density at radius 3 is 2.07 bits per heavy atom. The van der Waals surface area contributed by atoms with Crippen LogP contribution in [0.1, 0.15) is 43.2 Å². The zero-order valence-electron chi connectivity index (χ0n) is 9.33. The fraction of sp³-hybridized carbons (Fsp3) is 0.538. The molecule has 0 amide bonds. The van der Waals surface area contributed by atoms with E-state index in [1.165, 1.54) is 30.4 Å². The van der Waals surface area contributed by atoms with Crippen LogP contribution in [0, 0.1) is 6.92 Å². The lowest BCUT2D eigenvalue weighted by Crippen LogP contribution is -2.38. The first-order chi connectivity index (χ1) is 6.71. The van der Waals surface area contributed by atoms with Crippen molar-refractivity contribution in [1.29, 1.82) is 0 Å². The third kappa shape index (κ3) is 2.73. The van der Waals surface area contributed by atoms with Crippen molar-refractivity contribution in [3.63, 3.8) is 0 Å². The molecule has 1 aromatic rings. The molecular weight excluding hydrogens is 206 g/mol. The molecule has 2 N–H and O–H groups in total. The normalized spacial score (nSPS) is 19.3.